The lowest BCUT2D eigenvalue weighted by atomic mass is 10.1. The molecule has 0 radical (unpaired) electrons. The number of hydrogen-bond acceptors (Lipinski definition) is 4. The Labute approximate surface area is 124 Å². The molecule has 0 aliphatic carbocycles. The molecule has 1 amide bonds. The molecule has 1 aliphatic rings. The number of piperazine rings is 1. The molecule has 3 N–H and O–H groups in total. The summed E-state index contributed by atoms with van der Waals surface area (Å²) in [6.07, 6.45) is 3.49. The quantitative estimate of drug-likeness (QED) is 0.646. The van der Waals surface area contributed by atoms with Gasteiger partial charge >= 0.3 is 5.91 Å². The molecular weight excluding hydrogens is 264 g/mol. The SMILES string of the molecule is Nc1ccc(C(=O)[N+]2(c3ccncc3)CCNCC2)cc1. The molecule has 3 rings (SSSR count). The Morgan fingerprint density at radius 1 is 1.05 bits per heavy atom. The highest BCUT2D eigenvalue weighted by molar-refractivity contribution is 6.02. The van der Waals surface area contributed by atoms with Crippen LogP contribution in [-0.4, -0.2) is 37.1 Å². The zero-order valence-corrected chi connectivity index (χ0v) is 11.8. The maximum absolute atomic E-state index is 13.1. The van der Waals surface area contributed by atoms with Crippen molar-refractivity contribution in [2.24, 2.45) is 0 Å². The number of anilines is 1. The van der Waals surface area contributed by atoms with Crippen LogP contribution in [0.4, 0.5) is 11.4 Å². The average molecular weight is 283 g/mol. The number of aromatic nitrogens is 1. The van der Waals surface area contributed by atoms with E-state index in [-0.39, 0.29) is 5.91 Å². The second-order valence-corrected chi connectivity index (χ2v) is 5.30. The van der Waals surface area contributed by atoms with Gasteiger partial charge in [0, 0.05) is 43.3 Å². The van der Waals surface area contributed by atoms with Crippen molar-refractivity contribution >= 4 is 17.3 Å². The molecule has 0 bridgehead atoms. The third-order valence-corrected chi connectivity index (χ3v) is 4.04. The maximum atomic E-state index is 13.1. The van der Waals surface area contributed by atoms with Gasteiger partial charge in [-0.1, -0.05) is 0 Å². The Morgan fingerprint density at radius 3 is 2.29 bits per heavy atom. The number of nitrogens with zero attached hydrogens (tertiary/aromatic N) is 2. The molecule has 1 aromatic heterocycles. The third-order valence-electron chi connectivity index (χ3n) is 4.04. The lowest BCUT2D eigenvalue weighted by molar-refractivity contribution is 0.0743. The van der Waals surface area contributed by atoms with E-state index >= 15 is 0 Å². The van der Waals surface area contributed by atoms with Crippen LogP contribution in [0.3, 0.4) is 0 Å². The van der Waals surface area contributed by atoms with Crippen LogP contribution >= 0.6 is 0 Å². The third kappa shape index (κ3) is 2.53. The van der Waals surface area contributed by atoms with E-state index in [0.29, 0.717) is 15.7 Å². The fourth-order valence-corrected chi connectivity index (χ4v) is 2.86. The Bertz CT molecular complexity index is 618. The van der Waals surface area contributed by atoms with Gasteiger partial charge in [-0.3, -0.25) is 4.98 Å². The van der Waals surface area contributed by atoms with Crippen molar-refractivity contribution in [2.75, 3.05) is 31.9 Å². The Hall–Kier alpha value is -2.24. The van der Waals surface area contributed by atoms with Gasteiger partial charge < -0.3 is 11.1 Å². The summed E-state index contributed by atoms with van der Waals surface area (Å²) in [4.78, 5) is 17.2. The zero-order valence-electron chi connectivity index (χ0n) is 11.8. The molecule has 1 fully saturated rings. The number of amides is 1. The molecule has 108 valence electrons. The number of rotatable bonds is 2. The number of nitrogens with two attached hydrogens (primary N) is 1. The van der Waals surface area contributed by atoms with E-state index in [1.54, 1.807) is 36.7 Å². The van der Waals surface area contributed by atoms with E-state index in [1.807, 2.05) is 12.1 Å². The molecule has 1 saturated heterocycles. The molecule has 1 aliphatic heterocycles. The molecule has 21 heavy (non-hydrogen) atoms. The van der Waals surface area contributed by atoms with Crippen LogP contribution < -0.4 is 15.5 Å². The summed E-state index contributed by atoms with van der Waals surface area (Å²) in [7, 11) is 0. The fourth-order valence-electron chi connectivity index (χ4n) is 2.86. The van der Waals surface area contributed by atoms with Crippen molar-refractivity contribution in [1.29, 1.82) is 0 Å². The second kappa shape index (κ2) is 5.63. The first-order valence-electron chi connectivity index (χ1n) is 7.11. The van der Waals surface area contributed by atoms with Crippen molar-refractivity contribution in [3.63, 3.8) is 0 Å². The monoisotopic (exact) mass is 283 g/mol. The number of carbonyl (C=O) groups excluding carboxylic acids is 1. The van der Waals surface area contributed by atoms with Gasteiger partial charge in [0.05, 0.1) is 5.56 Å². The van der Waals surface area contributed by atoms with Crippen LogP contribution in [0.2, 0.25) is 0 Å². The maximum Gasteiger partial charge on any atom is 0.351 e. The summed E-state index contributed by atoms with van der Waals surface area (Å²) in [6, 6.07) is 11.0. The van der Waals surface area contributed by atoms with Gasteiger partial charge in [-0.2, -0.15) is 0 Å². The van der Waals surface area contributed by atoms with E-state index in [2.05, 4.69) is 10.3 Å². The van der Waals surface area contributed by atoms with Crippen LogP contribution in [0.5, 0.6) is 0 Å². The minimum atomic E-state index is 0.114. The molecule has 0 saturated carbocycles. The number of hydrogen-bond donors (Lipinski definition) is 2. The van der Waals surface area contributed by atoms with Gasteiger partial charge in [0.15, 0.2) is 0 Å². The van der Waals surface area contributed by atoms with Crippen molar-refractivity contribution < 1.29 is 4.79 Å². The van der Waals surface area contributed by atoms with Crippen LogP contribution in [0, 0.1) is 0 Å². The molecule has 0 unspecified atom stereocenters. The highest BCUT2D eigenvalue weighted by Gasteiger charge is 2.41. The lowest BCUT2D eigenvalue weighted by Gasteiger charge is -2.38. The minimum Gasteiger partial charge on any atom is -0.399 e. The van der Waals surface area contributed by atoms with E-state index in [9.17, 15) is 4.79 Å². The first-order chi connectivity index (χ1) is 10.2. The fraction of sp³-hybridized carbons (Fsp3) is 0.250. The molecule has 0 spiro atoms. The number of quaternary nitrogens is 1. The van der Waals surface area contributed by atoms with Crippen LogP contribution in [0.1, 0.15) is 10.4 Å². The largest absolute Gasteiger partial charge is 0.399 e. The normalized spacial score (nSPS) is 17.3. The van der Waals surface area contributed by atoms with Crippen molar-refractivity contribution in [2.45, 2.75) is 0 Å². The molecular formula is C16H19N4O+. The van der Waals surface area contributed by atoms with E-state index in [1.165, 1.54) is 0 Å². The van der Waals surface area contributed by atoms with Crippen molar-refractivity contribution in [3.8, 4) is 0 Å². The standard InChI is InChI=1S/C16H18N4O/c17-14-3-1-13(2-4-14)16(21)20(11-9-19-10-12-20)15-5-7-18-8-6-15/h1-8,19H,9-12H2,(H-,17,21)/p+1. The zero-order chi connectivity index (χ0) is 14.7. The second-order valence-electron chi connectivity index (χ2n) is 5.30. The summed E-state index contributed by atoms with van der Waals surface area (Å²) in [5.41, 5.74) is 8.07. The van der Waals surface area contributed by atoms with E-state index in [0.717, 1.165) is 31.9 Å². The first-order valence-corrected chi connectivity index (χ1v) is 7.11. The molecule has 2 aromatic rings. The van der Waals surface area contributed by atoms with E-state index in [4.69, 9.17) is 5.73 Å². The van der Waals surface area contributed by atoms with Crippen LogP contribution in [-0.2, 0) is 0 Å². The van der Waals surface area contributed by atoms with Crippen LogP contribution in [0.15, 0.2) is 48.8 Å². The summed E-state index contributed by atoms with van der Waals surface area (Å²) in [5, 5.41) is 3.32. The summed E-state index contributed by atoms with van der Waals surface area (Å²) >= 11 is 0. The van der Waals surface area contributed by atoms with Crippen LogP contribution in [0.25, 0.3) is 0 Å². The average Bonchev–Trinajstić information content (AvgIpc) is 2.56. The van der Waals surface area contributed by atoms with Gasteiger partial charge in [0.2, 0.25) is 0 Å². The van der Waals surface area contributed by atoms with Crippen molar-refractivity contribution in [3.05, 3.63) is 54.4 Å². The Balaban J connectivity index is 2.03. The Morgan fingerprint density at radius 2 is 1.67 bits per heavy atom. The first kappa shape index (κ1) is 13.7. The summed E-state index contributed by atoms with van der Waals surface area (Å²) < 4.78 is 0.333. The van der Waals surface area contributed by atoms with Gasteiger partial charge in [-0.25, -0.2) is 9.28 Å². The van der Waals surface area contributed by atoms with Crippen molar-refractivity contribution in [1.82, 2.24) is 14.8 Å². The molecule has 2 heterocycles. The summed E-state index contributed by atoms with van der Waals surface area (Å²) in [6.45, 7) is 3.13. The lowest BCUT2D eigenvalue weighted by Crippen LogP contribution is -2.63. The molecule has 5 nitrogen and oxygen atoms in total. The highest BCUT2D eigenvalue weighted by atomic mass is 16.2. The summed E-state index contributed by atoms with van der Waals surface area (Å²) in [5.74, 6) is 0.114. The molecule has 0 atom stereocenters. The van der Waals surface area contributed by atoms with Gasteiger partial charge in [0.1, 0.15) is 18.8 Å². The number of benzene rings is 1. The van der Waals surface area contributed by atoms with Gasteiger partial charge in [0.25, 0.3) is 0 Å². The highest BCUT2D eigenvalue weighted by Crippen LogP contribution is 2.26. The predicted octanol–water partition coefficient (Wildman–Crippen LogP) is 1.41. The molecule has 1 aromatic carbocycles. The predicted molar refractivity (Wildman–Crippen MR) is 83.8 cm³/mol. The number of nitrogen functional groups attached to an aromatic ring is 1. The number of nitrogens with one attached hydrogen (secondary N) is 1. The number of pyridine rings is 1. The van der Waals surface area contributed by atoms with Gasteiger partial charge in [-0.15, -0.1) is 0 Å². The topological polar surface area (TPSA) is 68.0 Å². The number of carbonyl (C=O) groups is 1. The van der Waals surface area contributed by atoms with Gasteiger partial charge in [-0.05, 0) is 24.3 Å². The van der Waals surface area contributed by atoms with E-state index < -0.39 is 0 Å². The minimum absolute atomic E-state index is 0.114. The Kier molecular flexibility index (Phi) is 3.68. The smallest absolute Gasteiger partial charge is 0.351 e. The molecule has 5 heteroatoms.